The Bertz CT molecular complexity index is 3390. The summed E-state index contributed by atoms with van der Waals surface area (Å²) in [6.07, 6.45) is 0. The summed E-state index contributed by atoms with van der Waals surface area (Å²) >= 11 is 0. The summed E-state index contributed by atoms with van der Waals surface area (Å²) in [5.41, 5.74) is 12.0. The molecule has 0 atom stereocenters. The van der Waals surface area contributed by atoms with Crippen molar-refractivity contribution in [3.8, 4) is 33.4 Å². The lowest BCUT2D eigenvalue weighted by Gasteiger charge is -2.19. The van der Waals surface area contributed by atoms with Crippen LogP contribution >= 0.6 is 0 Å². The summed E-state index contributed by atoms with van der Waals surface area (Å²) in [7, 11) is 0. The van der Waals surface area contributed by atoms with Crippen molar-refractivity contribution in [3.05, 3.63) is 170 Å². The first-order valence-corrected chi connectivity index (χ1v) is 18.0. The number of fused-ring (bicyclic) bond motifs is 12. The molecule has 0 fully saturated rings. The number of para-hydroxylation sites is 2. The van der Waals surface area contributed by atoms with Gasteiger partial charge in [-0.25, -0.2) is 0 Å². The van der Waals surface area contributed by atoms with Crippen molar-refractivity contribution in [2.24, 2.45) is 0 Å². The molecule has 0 bridgehead atoms. The third-order valence-electron chi connectivity index (χ3n) is 11.1. The van der Waals surface area contributed by atoms with E-state index in [1.54, 1.807) is 0 Å². The van der Waals surface area contributed by atoms with Crippen molar-refractivity contribution in [3.63, 3.8) is 0 Å². The fourth-order valence-corrected chi connectivity index (χ4v) is 8.77. The first-order chi connectivity index (χ1) is 26.3. The van der Waals surface area contributed by atoms with Crippen LogP contribution in [0.5, 0.6) is 0 Å². The van der Waals surface area contributed by atoms with Crippen LogP contribution in [-0.4, -0.2) is 0 Å². The van der Waals surface area contributed by atoms with Crippen molar-refractivity contribution in [1.82, 2.24) is 0 Å². The summed E-state index contributed by atoms with van der Waals surface area (Å²) in [5.74, 6) is 0. The number of hydrogen-bond acceptors (Lipinski definition) is 3. The molecule has 3 heteroatoms. The number of rotatable bonds is 3. The molecule has 0 saturated carbocycles. The first kappa shape index (κ1) is 28.6. The zero-order valence-electron chi connectivity index (χ0n) is 28.4. The van der Waals surface area contributed by atoms with Crippen molar-refractivity contribution in [1.29, 1.82) is 0 Å². The second-order valence-electron chi connectivity index (χ2n) is 13.9. The summed E-state index contributed by atoms with van der Waals surface area (Å²) in [5, 5.41) is 11.3. The average Bonchev–Trinajstić information content (AvgIpc) is 3.90. The Labute approximate surface area is 302 Å². The van der Waals surface area contributed by atoms with E-state index in [-0.39, 0.29) is 0 Å². The van der Waals surface area contributed by atoms with Gasteiger partial charge in [-0.1, -0.05) is 121 Å². The standard InChI is InChI=1S/C50H28O3/c1-2-12-29(13-3-1)46-33-14-4-6-16-35(33)47(36-17-7-5-15-34(36)46)40-26-31(28-45-48(40)38-18-8-10-20-41(38)52-45)30-22-23-32-37-24-25-43-49(50(37)53-44(32)27-30)39-19-9-11-21-42(39)51-43/h1-28H. The molecule has 0 amide bonds. The molecule has 9 aromatic carbocycles. The fourth-order valence-electron chi connectivity index (χ4n) is 8.77. The maximum atomic E-state index is 6.73. The van der Waals surface area contributed by atoms with Crippen LogP contribution in [-0.2, 0) is 0 Å². The molecule has 0 N–H and O–H groups in total. The van der Waals surface area contributed by atoms with E-state index >= 15 is 0 Å². The third-order valence-corrected chi connectivity index (χ3v) is 11.1. The minimum atomic E-state index is 0.829. The predicted octanol–water partition coefficient (Wildman–Crippen LogP) is 14.7. The normalized spacial score (nSPS) is 12.2. The van der Waals surface area contributed by atoms with E-state index in [1.165, 1.54) is 38.2 Å². The lowest BCUT2D eigenvalue weighted by molar-refractivity contribution is 0.662. The lowest BCUT2D eigenvalue weighted by Crippen LogP contribution is -1.92. The highest BCUT2D eigenvalue weighted by molar-refractivity contribution is 6.26. The summed E-state index contributed by atoms with van der Waals surface area (Å²) in [6, 6.07) is 60.2. The Morgan fingerprint density at radius 1 is 0.264 bits per heavy atom. The van der Waals surface area contributed by atoms with Gasteiger partial charge in [-0.05, 0) is 103 Å². The topological polar surface area (TPSA) is 39.4 Å². The quantitative estimate of drug-likeness (QED) is 0.175. The molecule has 0 aliphatic carbocycles. The average molecular weight is 677 g/mol. The number of benzene rings is 9. The molecule has 0 unspecified atom stereocenters. The molecule has 0 radical (unpaired) electrons. The van der Waals surface area contributed by atoms with Crippen molar-refractivity contribution >= 4 is 87.4 Å². The van der Waals surface area contributed by atoms with Crippen LogP contribution in [0.3, 0.4) is 0 Å². The smallest absolute Gasteiger partial charge is 0.147 e. The molecule has 12 rings (SSSR count). The Hall–Kier alpha value is -7.10. The van der Waals surface area contributed by atoms with Gasteiger partial charge in [0.2, 0.25) is 0 Å². The van der Waals surface area contributed by atoms with Crippen LogP contribution in [0.15, 0.2) is 183 Å². The van der Waals surface area contributed by atoms with E-state index in [0.29, 0.717) is 0 Å². The zero-order valence-corrected chi connectivity index (χ0v) is 28.4. The maximum Gasteiger partial charge on any atom is 0.147 e. The van der Waals surface area contributed by atoms with Crippen molar-refractivity contribution in [2.45, 2.75) is 0 Å². The van der Waals surface area contributed by atoms with Gasteiger partial charge >= 0.3 is 0 Å². The Morgan fingerprint density at radius 3 is 1.51 bits per heavy atom. The molecule has 3 heterocycles. The Balaban J connectivity index is 1.16. The molecule has 3 nitrogen and oxygen atoms in total. The third kappa shape index (κ3) is 4.05. The fraction of sp³-hybridized carbons (Fsp3) is 0. The van der Waals surface area contributed by atoms with Gasteiger partial charge in [0.15, 0.2) is 0 Å². The molecular weight excluding hydrogens is 649 g/mol. The largest absolute Gasteiger partial charge is 0.456 e. The van der Waals surface area contributed by atoms with Gasteiger partial charge in [-0.3, -0.25) is 0 Å². The number of furan rings is 3. The van der Waals surface area contributed by atoms with Crippen LogP contribution in [0.25, 0.3) is 121 Å². The van der Waals surface area contributed by atoms with E-state index in [4.69, 9.17) is 13.3 Å². The Kier molecular flexibility index (Phi) is 5.77. The maximum absolute atomic E-state index is 6.73. The van der Waals surface area contributed by atoms with E-state index in [9.17, 15) is 0 Å². The first-order valence-electron chi connectivity index (χ1n) is 18.0. The summed E-state index contributed by atoms with van der Waals surface area (Å²) < 4.78 is 19.6. The highest BCUT2D eigenvalue weighted by atomic mass is 16.3. The van der Waals surface area contributed by atoms with Gasteiger partial charge in [0.1, 0.15) is 33.5 Å². The van der Waals surface area contributed by atoms with Crippen LogP contribution < -0.4 is 0 Å². The van der Waals surface area contributed by atoms with Crippen molar-refractivity contribution < 1.29 is 13.3 Å². The molecule has 0 aliphatic heterocycles. The molecule has 53 heavy (non-hydrogen) atoms. The Morgan fingerprint density at radius 2 is 0.811 bits per heavy atom. The minimum absolute atomic E-state index is 0.829. The molecule has 0 saturated heterocycles. The highest BCUT2D eigenvalue weighted by Gasteiger charge is 2.22. The molecule has 12 aromatic rings. The van der Waals surface area contributed by atoms with E-state index in [0.717, 1.165) is 82.5 Å². The van der Waals surface area contributed by atoms with Crippen LogP contribution in [0.1, 0.15) is 0 Å². The molecule has 0 spiro atoms. The van der Waals surface area contributed by atoms with Gasteiger partial charge in [0.05, 0.1) is 5.39 Å². The zero-order chi connectivity index (χ0) is 34.6. The van der Waals surface area contributed by atoms with Crippen LogP contribution in [0.2, 0.25) is 0 Å². The van der Waals surface area contributed by atoms with Gasteiger partial charge in [-0.15, -0.1) is 0 Å². The predicted molar refractivity (Wildman–Crippen MR) is 220 cm³/mol. The van der Waals surface area contributed by atoms with Gasteiger partial charge in [0, 0.05) is 26.9 Å². The van der Waals surface area contributed by atoms with Gasteiger partial charge in [0.25, 0.3) is 0 Å². The molecule has 246 valence electrons. The van der Waals surface area contributed by atoms with Gasteiger partial charge < -0.3 is 13.3 Å². The molecule has 0 aliphatic rings. The summed E-state index contributed by atoms with van der Waals surface area (Å²) in [6.45, 7) is 0. The highest BCUT2D eigenvalue weighted by Crippen LogP contribution is 2.48. The van der Waals surface area contributed by atoms with Gasteiger partial charge in [-0.2, -0.15) is 0 Å². The molecule has 3 aromatic heterocycles. The van der Waals surface area contributed by atoms with Crippen LogP contribution in [0.4, 0.5) is 0 Å². The van der Waals surface area contributed by atoms with E-state index < -0.39 is 0 Å². The molecular formula is C50H28O3. The van der Waals surface area contributed by atoms with Crippen molar-refractivity contribution in [2.75, 3.05) is 0 Å². The second kappa shape index (κ2) is 10.7. The SMILES string of the molecule is c1ccc(-c2c3ccccc3c(-c3cc(-c4ccc5c(c4)oc4c5ccc5oc6ccccc6c54)cc4oc5ccccc5c34)c3ccccc23)cc1. The van der Waals surface area contributed by atoms with E-state index in [1.807, 2.05) is 24.3 Å². The van der Waals surface area contributed by atoms with E-state index in [2.05, 4.69) is 146 Å². The van der Waals surface area contributed by atoms with Crippen LogP contribution in [0, 0.1) is 0 Å². The number of hydrogen-bond donors (Lipinski definition) is 0. The lowest BCUT2D eigenvalue weighted by atomic mass is 9.84. The second-order valence-corrected chi connectivity index (χ2v) is 13.9. The minimum Gasteiger partial charge on any atom is -0.456 e. The monoisotopic (exact) mass is 676 g/mol. The summed E-state index contributed by atoms with van der Waals surface area (Å²) in [4.78, 5) is 0.